The lowest BCUT2D eigenvalue weighted by Gasteiger charge is -2.20. The van der Waals surface area contributed by atoms with Crippen LogP contribution in [0.5, 0.6) is 0 Å². The van der Waals surface area contributed by atoms with Gasteiger partial charge in [0.05, 0.1) is 18.0 Å². The highest BCUT2D eigenvalue weighted by molar-refractivity contribution is 9.10. The van der Waals surface area contributed by atoms with E-state index in [0.29, 0.717) is 36.3 Å². The summed E-state index contributed by atoms with van der Waals surface area (Å²) in [6, 6.07) is 3.21. The number of nitrogens with zero attached hydrogens (tertiary/aromatic N) is 2. The van der Waals surface area contributed by atoms with E-state index in [4.69, 9.17) is 4.74 Å². The van der Waals surface area contributed by atoms with Crippen LogP contribution in [0.2, 0.25) is 0 Å². The summed E-state index contributed by atoms with van der Waals surface area (Å²) in [7, 11) is -1.06. The minimum atomic E-state index is -3.91. The molecular formula is C16H22BrN3O5S. The topological polar surface area (TPSA) is 96.0 Å². The van der Waals surface area contributed by atoms with Gasteiger partial charge in [-0.2, -0.15) is 4.31 Å². The fraction of sp³-hybridized carbons (Fsp3) is 0.500. The molecule has 1 aliphatic rings. The van der Waals surface area contributed by atoms with Crippen molar-refractivity contribution in [1.29, 1.82) is 0 Å². The molecule has 0 bridgehead atoms. The van der Waals surface area contributed by atoms with Gasteiger partial charge >= 0.3 is 0 Å². The lowest BCUT2D eigenvalue weighted by Crippen LogP contribution is -2.39. The van der Waals surface area contributed by atoms with E-state index in [9.17, 15) is 18.0 Å². The zero-order chi connectivity index (χ0) is 19.5. The number of rotatable bonds is 7. The number of amides is 2. The van der Waals surface area contributed by atoms with Gasteiger partial charge in [-0.3, -0.25) is 9.59 Å². The fourth-order valence-electron chi connectivity index (χ4n) is 2.72. The summed E-state index contributed by atoms with van der Waals surface area (Å²) in [4.78, 5) is 25.2. The van der Waals surface area contributed by atoms with Crippen LogP contribution < -0.4 is 10.2 Å². The van der Waals surface area contributed by atoms with Gasteiger partial charge in [0.1, 0.15) is 0 Å². The Morgan fingerprint density at radius 2 is 2.08 bits per heavy atom. The Bertz CT molecular complexity index is 812. The number of anilines is 1. The first-order valence-electron chi connectivity index (χ1n) is 8.01. The summed E-state index contributed by atoms with van der Waals surface area (Å²) in [6.07, 6.45) is 0.672. The van der Waals surface area contributed by atoms with Crippen LogP contribution in [0.4, 0.5) is 5.69 Å². The monoisotopic (exact) mass is 447 g/mol. The molecule has 1 aromatic rings. The maximum Gasteiger partial charge on any atom is 0.244 e. The van der Waals surface area contributed by atoms with E-state index in [1.54, 1.807) is 11.0 Å². The summed E-state index contributed by atoms with van der Waals surface area (Å²) in [5, 5.41) is 2.58. The molecule has 26 heavy (non-hydrogen) atoms. The van der Waals surface area contributed by atoms with Crippen molar-refractivity contribution in [1.82, 2.24) is 9.62 Å². The Morgan fingerprint density at radius 1 is 1.38 bits per heavy atom. The number of hydrogen-bond acceptors (Lipinski definition) is 5. The van der Waals surface area contributed by atoms with Gasteiger partial charge in [0.25, 0.3) is 0 Å². The molecule has 2 rings (SSSR count). The van der Waals surface area contributed by atoms with Crippen LogP contribution in [-0.2, 0) is 30.8 Å². The van der Waals surface area contributed by atoms with Crippen LogP contribution in [0.1, 0.15) is 12.5 Å². The molecule has 10 heteroatoms. The van der Waals surface area contributed by atoms with Gasteiger partial charge in [0.15, 0.2) is 0 Å². The molecular weight excluding hydrogens is 426 g/mol. The van der Waals surface area contributed by atoms with E-state index in [0.717, 1.165) is 9.87 Å². The average molecular weight is 448 g/mol. The molecule has 1 N–H and O–H groups in total. The van der Waals surface area contributed by atoms with Crippen LogP contribution in [-0.4, -0.2) is 64.9 Å². The van der Waals surface area contributed by atoms with E-state index in [1.165, 1.54) is 27.1 Å². The Kier molecular flexibility index (Phi) is 6.78. The zero-order valence-corrected chi connectivity index (χ0v) is 17.3. The second-order valence-electron chi connectivity index (χ2n) is 5.94. The lowest BCUT2D eigenvalue weighted by molar-refractivity contribution is -0.121. The standard InChI is InChI=1S/C16H22BrN3O5S/c1-11(21)20-6-4-12-8-13(17)15(9-14(12)20)26(23,24)19(2)10-16(22)18-5-7-25-3/h8-9H,4-7,10H2,1-3H3,(H,18,22). The van der Waals surface area contributed by atoms with Gasteiger partial charge < -0.3 is 15.0 Å². The molecule has 0 fully saturated rings. The molecule has 0 radical (unpaired) electrons. The van der Waals surface area contributed by atoms with E-state index in [-0.39, 0.29) is 17.3 Å². The zero-order valence-electron chi connectivity index (χ0n) is 14.9. The third-order valence-corrected chi connectivity index (χ3v) is 6.85. The predicted molar refractivity (Wildman–Crippen MR) is 101 cm³/mol. The van der Waals surface area contributed by atoms with E-state index >= 15 is 0 Å². The van der Waals surface area contributed by atoms with Crippen molar-refractivity contribution in [2.45, 2.75) is 18.2 Å². The molecule has 8 nitrogen and oxygen atoms in total. The van der Waals surface area contributed by atoms with Crippen molar-refractivity contribution in [3.8, 4) is 0 Å². The number of sulfonamides is 1. The van der Waals surface area contributed by atoms with Gasteiger partial charge in [0, 0.05) is 44.3 Å². The summed E-state index contributed by atoms with van der Waals surface area (Å²) < 4.78 is 32.0. The number of benzene rings is 1. The molecule has 1 aromatic carbocycles. The minimum Gasteiger partial charge on any atom is -0.383 e. The van der Waals surface area contributed by atoms with E-state index in [1.807, 2.05) is 0 Å². The van der Waals surface area contributed by atoms with Gasteiger partial charge in [-0.15, -0.1) is 0 Å². The minimum absolute atomic E-state index is 0.0246. The lowest BCUT2D eigenvalue weighted by atomic mass is 10.2. The SMILES string of the molecule is COCCNC(=O)CN(C)S(=O)(=O)c1cc2c(cc1Br)CCN2C(C)=O. The third kappa shape index (κ3) is 4.43. The van der Waals surface area contributed by atoms with Gasteiger partial charge in [-0.05, 0) is 40.0 Å². The molecule has 0 aliphatic carbocycles. The van der Waals surface area contributed by atoms with Crippen molar-refractivity contribution >= 4 is 43.5 Å². The number of carbonyl (C=O) groups excluding carboxylic acids is 2. The first kappa shape index (κ1) is 20.8. The normalized spacial score (nSPS) is 13.8. The van der Waals surface area contributed by atoms with Crippen molar-refractivity contribution in [3.05, 3.63) is 22.2 Å². The second kappa shape index (κ2) is 8.47. The van der Waals surface area contributed by atoms with E-state index < -0.39 is 15.9 Å². The number of hydrogen-bond donors (Lipinski definition) is 1. The fourth-order valence-corrected chi connectivity index (χ4v) is 4.91. The second-order valence-corrected chi connectivity index (χ2v) is 8.80. The number of likely N-dealkylation sites (N-methyl/N-ethyl adjacent to an activating group) is 1. The van der Waals surface area contributed by atoms with E-state index in [2.05, 4.69) is 21.2 Å². The Hall–Kier alpha value is -1.49. The Morgan fingerprint density at radius 3 is 2.69 bits per heavy atom. The van der Waals surface area contributed by atoms with Crippen LogP contribution in [0.25, 0.3) is 0 Å². The average Bonchev–Trinajstić information content (AvgIpc) is 2.97. The Balaban J connectivity index is 2.24. The highest BCUT2D eigenvalue weighted by Gasteiger charge is 2.30. The van der Waals surface area contributed by atoms with Crippen molar-refractivity contribution in [2.75, 3.05) is 45.3 Å². The number of halogens is 1. The van der Waals surface area contributed by atoms with Gasteiger partial charge in [0.2, 0.25) is 21.8 Å². The van der Waals surface area contributed by atoms with Crippen LogP contribution >= 0.6 is 15.9 Å². The highest BCUT2D eigenvalue weighted by atomic mass is 79.9. The molecule has 0 aromatic heterocycles. The molecule has 0 saturated carbocycles. The highest BCUT2D eigenvalue weighted by Crippen LogP contribution is 2.36. The van der Waals surface area contributed by atoms with Crippen LogP contribution in [0.3, 0.4) is 0 Å². The van der Waals surface area contributed by atoms with Gasteiger partial charge in [-0.1, -0.05) is 0 Å². The maximum atomic E-state index is 12.9. The molecule has 0 saturated heterocycles. The molecule has 2 amide bonds. The summed E-state index contributed by atoms with van der Waals surface area (Å²) >= 11 is 3.30. The molecule has 0 unspecified atom stereocenters. The largest absolute Gasteiger partial charge is 0.383 e. The molecule has 0 spiro atoms. The van der Waals surface area contributed by atoms with Crippen molar-refractivity contribution in [3.63, 3.8) is 0 Å². The number of methoxy groups -OCH3 is 1. The molecule has 0 atom stereocenters. The number of ether oxygens (including phenoxy) is 1. The molecule has 1 heterocycles. The first-order chi connectivity index (χ1) is 12.2. The summed E-state index contributed by atoms with van der Waals surface area (Å²) in [5.74, 6) is -0.559. The quantitative estimate of drug-likeness (QED) is 0.621. The molecule has 144 valence electrons. The number of carbonyl (C=O) groups is 2. The van der Waals surface area contributed by atoms with Crippen LogP contribution in [0.15, 0.2) is 21.5 Å². The summed E-state index contributed by atoms with van der Waals surface area (Å²) in [5.41, 5.74) is 1.50. The third-order valence-electron chi connectivity index (χ3n) is 4.09. The molecule has 1 aliphatic heterocycles. The van der Waals surface area contributed by atoms with Crippen molar-refractivity contribution in [2.24, 2.45) is 0 Å². The van der Waals surface area contributed by atoms with Crippen LogP contribution in [0, 0.1) is 0 Å². The first-order valence-corrected chi connectivity index (χ1v) is 10.2. The number of nitrogens with one attached hydrogen (secondary N) is 1. The Labute approximate surface area is 161 Å². The predicted octanol–water partition coefficient (Wildman–Crippen LogP) is 0.741. The maximum absolute atomic E-state index is 12.9. The smallest absolute Gasteiger partial charge is 0.244 e. The van der Waals surface area contributed by atoms with Gasteiger partial charge in [-0.25, -0.2) is 8.42 Å². The van der Waals surface area contributed by atoms with Crippen molar-refractivity contribution < 1.29 is 22.7 Å². The number of fused-ring (bicyclic) bond motifs is 1. The summed E-state index contributed by atoms with van der Waals surface area (Å²) in [6.45, 7) is 2.31.